The van der Waals surface area contributed by atoms with Gasteiger partial charge in [-0.15, -0.1) is 0 Å². The molecule has 5 atom stereocenters. The third-order valence-electron chi connectivity index (χ3n) is 3.74. The summed E-state index contributed by atoms with van der Waals surface area (Å²) in [6.45, 7) is 3.61. The molecule has 2 rings (SSSR count). The second-order valence-corrected chi connectivity index (χ2v) is 5.44. The maximum atomic E-state index is 13.0. The summed E-state index contributed by atoms with van der Waals surface area (Å²) in [6.07, 6.45) is -11.3. The average molecular weight is 334 g/mol. The van der Waals surface area contributed by atoms with Gasteiger partial charge in [-0.25, -0.2) is 0 Å². The molecule has 1 aliphatic heterocycles. The molecule has 1 N–H and O–H groups in total. The van der Waals surface area contributed by atoms with E-state index < -0.39 is 36.9 Å². The SMILES string of the molecule is CCO[C@H]1C[C@@H](O[C@H](C)c2ccccc2)[C@H](O)[C@@H](C(F)(F)F)O1. The molecule has 0 unspecified atom stereocenters. The molecule has 130 valence electrons. The van der Waals surface area contributed by atoms with Gasteiger partial charge in [0.25, 0.3) is 0 Å². The molecule has 0 amide bonds. The Hall–Kier alpha value is -1.15. The Bertz CT molecular complexity index is 480. The van der Waals surface area contributed by atoms with Crippen molar-refractivity contribution in [3.63, 3.8) is 0 Å². The van der Waals surface area contributed by atoms with Gasteiger partial charge >= 0.3 is 6.18 Å². The lowest BCUT2D eigenvalue weighted by atomic mass is 10.00. The van der Waals surface area contributed by atoms with Crippen LogP contribution in [-0.2, 0) is 14.2 Å². The summed E-state index contributed by atoms with van der Waals surface area (Å²) in [4.78, 5) is 0. The van der Waals surface area contributed by atoms with Crippen LogP contribution in [0.1, 0.15) is 31.9 Å². The fourth-order valence-electron chi connectivity index (χ4n) is 2.59. The zero-order valence-electron chi connectivity index (χ0n) is 13.0. The molecule has 1 saturated heterocycles. The monoisotopic (exact) mass is 334 g/mol. The minimum atomic E-state index is -4.69. The van der Waals surface area contributed by atoms with E-state index in [2.05, 4.69) is 0 Å². The van der Waals surface area contributed by atoms with E-state index in [0.29, 0.717) is 0 Å². The van der Waals surface area contributed by atoms with Crippen LogP contribution >= 0.6 is 0 Å². The van der Waals surface area contributed by atoms with Gasteiger partial charge in [0.15, 0.2) is 12.4 Å². The zero-order valence-corrected chi connectivity index (χ0v) is 13.0. The predicted molar refractivity (Wildman–Crippen MR) is 76.7 cm³/mol. The highest BCUT2D eigenvalue weighted by atomic mass is 19.4. The summed E-state index contributed by atoms with van der Waals surface area (Å²) in [6, 6.07) is 9.11. The van der Waals surface area contributed by atoms with E-state index in [-0.39, 0.29) is 13.0 Å². The largest absolute Gasteiger partial charge is 0.417 e. The number of halogens is 3. The summed E-state index contributed by atoms with van der Waals surface area (Å²) < 4.78 is 54.8. The molecule has 23 heavy (non-hydrogen) atoms. The van der Waals surface area contributed by atoms with Crippen LogP contribution < -0.4 is 0 Å². The number of aliphatic hydroxyl groups excluding tert-OH is 1. The van der Waals surface area contributed by atoms with E-state index in [1.54, 1.807) is 13.8 Å². The van der Waals surface area contributed by atoms with Gasteiger partial charge < -0.3 is 19.3 Å². The molecule has 0 aromatic heterocycles. The number of benzene rings is 1. The molecule has 0 spiro atoms. The number of ether oxygens (including phenoxy) is 3. The molecule has 0 saturated carbocycles. The highest BCUT2D eigenvalue weighted by Crippen LogP contribution is 2.35. The lowest BCUT2D eigenvalue weighted by Gasteiger charge is -2.40. The number of aliphatic hydroxyl groups is 1. The van der Waals surface area contributed by atoms with Crippen LogP contribution in [-0.4, -0.2) is 42.5 Å². The number of hydrogen-bond acceptors (Lipinski definition) is 4. The maximum Gasteiger partial charge on any atom is 0.417 e. The van der Waals surface area contributed by atoms with Crippen LogP contribution in [0.2, 0.25) is 0 Å². The maximum absolute atomic E-state index is 13.0. The van der Waals surface area contributed by atoms with Crippen molar-refractivity contribution in [3.8, 4) is 0 Å². The fourth-order valence-corrected chi connectivity index (χ4v) is 2.59. The molecular weight excluding hydrogens is 313 g/mol. The highest BCUT2D eigenvalue weighted by Gasteiger charge is 2.53. The van der Waals surface area contributed by atoms with Crippen LogP contribution in [0.25, 0.3) is 0 Å². The minimum Gasteiger partial charge on any atom is -0.387 e. The number of alkyl halides is 3. The van der Waals surface area contributed by atoms with Crippen LogP contribution in [0.5, 0.6) is 0 Å². The van der Waals surface area contributed by atoms with E-state index in [4.69, 9.17) is 14.2 Å². The second-order valence-electron chi connectivity index (χ2n) is 5.44. The molecule has 0 aliphatic carbocycles. The van der Waals surface area contributed by atoms with E-state index >= 15 is 0 Å². The van der Waals surface area contributed by atoms with Crippen molar-refractivity contribution in [1.29, 1.82) is 0 Å². The third-order valence-corrected chi connectivity index (χ3v) is 3.74. The first-order valence-electron chi connectivity index (χ1n) is 7.55. The molecule has 1 aliphatic rings. The van der Waals surface area contributed by atoms with Crippen molar-refractivity contribution in [3.05, 3.63) is 35.9 Å². The van der Waals surface area contributed by atoms with E-state index in [9.17, 15) is 18.3 Å². The molecule has 1 fully saturated rings. The van der Waals surface area contributed by atoms with Crippen LogP contribution in [0, 0.1) is 0 Å². The second kappa shape index (κ2) is 7.61. The van der Waals surface area contributed by atoms with E-state index in [1.165, 1.54) is 0 Å². The van der Waals surface area contributed by atoms with Gasteiger partial charge in [0, 0.05) is 13.0 Å². The zero-order chi connectivity index (χ0) is 17.0. The van der Waals surface area contributed by atoms with Crippen molar-refractivity contribution in [1.82, 2.24) is 0 Å². The average Bonchev–Trinajstić information content (AvgIpc) is 2.50. The normalized spacial score (nSPS) is 30.2. The molecule has 0 bridgehead atoms. The lowest BCUT2D eigenvalue weighted by Crippen LogP contribution is -2.56. The van der Waals surface area contributed by atoms with Gasteiger partial charge in [0.05, 0.1) is 12.2 Å². The number of hydrogen-bond donors (Lipinski definition) is 1. The first-order chi connectivity index (χ1) is 10.8. The summed E-state index contributed by atoms with van der Waals surface area (Å²) in [7, 11) is 0. The van der Waals surface area contributed by atoms with Crippen LogP contribution in [0.4, 0.5) is 13.2 Å². The van der Waals surface area contributed by atoms with Gasteiger partial charge in [0.2, 0.25) is 0 Å². The van der Waals surface area contributed by atoms with Crippen molar-refractivity contribution in [2.24, 2.45) is 0 Å². The van der Waals surface area contributed by atoms with Gasteiger partial charge in [-0.3, -0.25) is 0 Å². The van der Waals surface area contributed by atoms with Gasteiger partial charge in [-0.2, -0.15) is 13.2 Å². The first kappa shape index (κ1) is 18.2. The highest BCUT2D eigenvalue weighted by molar-refractivity contribution is 5.17. The Morgan fingerprint density at radius 2 is 1.96 bits per heavy atom. The van der Waals surface area contributed by atoms with Crippen LogP contribution in [0.3, 0.4) is 0 Å². The Kier molecular flexibility index (Phi) is 6.02. The van der Waals surface area contributed by atoms with E-state index in [1.807, 2.05) is 30.3 Å². The molecule has 1 aromatic rings. The molecule has 1 heterocycles. The fraction of sp³-hybridized carbons (Fsp3) is 0.625. The lowest BCUT2D eigenvalue weighted by molar-refractivity contribution is -0.333. The number of rotatable bonds is 5. The summed E-state index contributed by atoms with van der Waals surface area (Å²) >= 11 is 0. The Balaban J connectivity index is 2.11. The summed E-state index contributed by atoms with van der Waals surface area (Å²) in [5.74, 6) is 0. The molecule has 1 aromatic carbocycles. The van der Waals surface area contributed by atoms with E-state index in [0.717, 1.165) is 5.56 Å². The smallest absolute Gasteiger partial charge is 0.387 e. The predicted octanol–water partition coefficient (Wildman–Crippen LogP) is 3.21. The third kappa shape index (κ3) is 4.67. The van der Waals surface area contributed by atoms with Gasteiger partial charge in [0.1, 0.15) is 6.10 Å². The summed E-state index contributed by atoms with van der Waals surface area (Å²) in [5, 5.41) is 10.0. The molecule has 0 radical (unpaired) electrons. The Morgan fingerprint density at radius 1 is 1.30 bits per heavy atom. The molecular formula is C16H21F3O4. The summed E-state index contributed by atoms with van der Waals surface area (Å²) in [5.41, 5.74) is 0.822. The Labute approximate surface area is 133 Å². The minimum absolute atomic E-state index is 0.0404. The van der Waals surface area contributed by atoms with Gasteiger partial charge in [-0.1, -0.05) is 30.3 Å². The van der Waals surface area contributed by atoms with Crippen molar-refractivity contribution >= 4 is 0 Å². The topological polar surface area (TPSA) is 47.9 Å². The molecule has 7 heteroatoms. The van der Waals surface area contributed by atoms with Crippen molar-refractivity contribution in [2.75, 3.05) is 6.61 Å². The van der Waals surface area contributed by atoms with Crippen molar-refractivity contribution in [2.45, 2.75) is 57.2 Å². The van der Waals surface area contributed by atoms with Crippen molar-refractivity contribution < 1.29 is 32.5 Å². The van der Waals surface area contributed by atoms with Gasteiger partial charge in [-0.05, 0) is 19.4 Å². The molecule has 4 nitrogen and oxygen atoms in total. The van der Waals surface area contributed by atoms with Crippen LogP contribution in [0.15, 0.2) is 30.3 Å². The quantitative estimate of drug-likeness (QED) is 0.898. The standard InChI is InChI=1S/C16H21F3O4/c1-3-21-13-9-12(14(20)15(23-13)16(17,18)19)22-10(2)11-7-5-4-6-8-11/h4-8,10,12-15,20H,3,9H2,1-2H3/t10-,12-,13-,14+,15+/m1/s1. The first-order valence-corrected chi connectivity index (χ1v) is 7.55. The Morgan fingerprint density at radius 3 is 2.52 bits per heavy atom.